The summed E-state index contributed by atoms with van der Waals surface area (Å²) in [4.78, 5) is 12.0. The summed E-state index contributed by atoms with van der Waals surface area (Å²) >= 11 is 5.98. The Kier molecular flexibility index (Phi) is 4.81. The fourth-order valence-electron chi connectivity index (χ4n) is 1.71. The zero-order valence-corrected chi connectivity index (χ0v) is 12.1. The molecule has 0 aromatic heterocycles. The molecular formula is C16H12ClNO3. The summed E-state index contributed by atoms with van der Waals surface area (Å²) in [7, 11) is 1.54. The lowest BCUT2D eigenvalue weighted by Gasteiger charge is -2.08. The van der Waals surface area contributed by atoms with Gasteiger partial charge in [-0.25, -0.2) is 0 Å². The number of nitriles is 1. The minimum Gasteiger partial charge on any atom is -0.497 e. The van der Waals surface area contributed by atoms with Crippen molar-refractivity contribution in [1.29, 1.82) is 5.26 Å². The van der Waals surface area contributed by atoms with Gasteiger partial charge in [0.15, 0.2) is 12.4 Å². The lowest BCUT2D eigenvalue weighted by Crippen LogP contribution is -2.11. The maximum Gasteiger partial charge on any atom is 0.200 e. The molecule has 0 spiro atoms. The third kappa shape index (κ3) is 3.74. The Labute approximate surface area is 127 Å². The van der Waals surface area contributed by atoms with Crippen LogP contribution >= 0.6 is 11.6 Å². The average molecular weight is 302 g/mol. The number of nitrogens with zero attached hydrogens (tertiary/aromatic N) is 1. The van der Waals surface area contributed by atoms with Crippen LogP contribution in [0.1, 0.15) is 15.9 Å². The number of Topliss-reactive ketones (excluding diaryl/α,β-unsaturated/α-hetero) is 1. The Hall–Kier alpha value is -2.51. The van der Waals surface area contributed by atoms with Crippen molar-refractivity contribution in [3.05, 3.63) is 58.6 Å². The number of rotatable bonds is 5. The molecular weight excluding hydrogens is 290 g/mol. The van der Waals surface area contributed by atoms with Gasteiger partial charge in [0.05, 0.1) is 23.8 Å². The Morgan fingerprint density at radius 2 is 2.10 bits per heavy atom. The van der Waals surface area contributed by atoms with Gasteiger partial charge >= 0.3 is 0 Å². The molecule has 0 atom stereocenters. The number of benzene rings is 2. The molecule has 2 aromatic carbocycles. The molecule has 106 valence electrons. The molecule has 4 nitrogen and oxygen atoms in total. The van der Waals surface area contributed by atoms with Crippen LogP contribution in [0.3, 0.4) is 0 Å². The first-order chi connectivity index (χ1) is 10.1. The summed E-state index contributed by atoms with van der Waals surface area (Å²) in [5.74, 6) is 0.790. The third-order valence-corrected chi connectivity index (χ3v) is 3.11. The van der Waals surface area contributed by atoms with E-state index in [2.05, 4.69) is 0 Å². The molecule has 0 saturated carbocycles. The molecule has 0 radical (unpaired) electrons. The number of ketones is 1. The van der Waals surface area contributed by atoms with Crippen LogP contribution in [0.5, 0.6) is 11.5 Å². The Balaban J connectivity index is 2.05. The fourth-order valence-corrected chi connectivity index (χ4v) is 1.95. The number of carbonyl (C=O) groups excluding carboxylic acids is 1. The third-order valence-electron chi connectivity index (χ3n) is 2.81. The monoisotopic (exact) mass is 301 g/mol. The van der Waals surface area contributed by atoms with Crippen LogP contribution in [-0.2, 0) is 0 Å². The van der Waals surface area contributed by atoms with Crippen LogP contribution in [0.15, 0.2) is 42.5 Å². The molecule has 0 N–H and O–H groups in total. The Morgan fingerprint density at radius 1 is 1.29 bits per heavy atom. The first kappa shape index (κ1) is 14.9. The van der Waals surface area contributed by atoms with E-state index >= 15 is 0 Å². The largest absolute Gasteiger partial charge is 0.497 e. The van der Waals surface area contributed by atoms with Gasteiger partial charge in [0.2, 0.25) is 0 Å². The zero-order chi connectivity index (χ0) is 15.2. The quantitative estimate of drug-likeness (QED) is 0.793. The summed E-state index contributed by atoms with van der Waals surface area (Å²) in [5.41, 5.74) is 0.936. The van der Waals surface area contributed by atoms with Gasteiger partial charge in [0, 0.05) is 5.56 Å². The van der Waals surface area contributed by atoms with E-state index in [0.717, 1.165) is 0 Å². The van der Waals surface area contributed by atoms with Crippen LogP contribution in [0.4, 0.5) is 0 Å². The van der Waals surface area contributed by atoms with E-state index in [0.29, 0.717) is 27.6 Å². The van der Waals surface area contributed by atoms with Crippen molar-refractivity contribution in [2.24, 2.45) is 0 Å². The number of methoxy groups -OCH3 is 1. The van der Waals surface area contributed by atoms with E-state index in [1.54, 1.807) is 36.4 Å². The predicted octanol–water partition coefficient (Wildman–Crippen LogP) is 3.48. The SMILES string of the molecule is COc1cccc(C(=O)COc2ccc(C#N)cc2Cl)c1. The van der Waals surface area contributed by atoms with E-state index in [4.69, 9.17) is 26.3 Å². The number of halogens is 1. The standard InChI is InChI=1S/C16H12ClNO3/c1-20-13-4-2-3-12(8-13)15(19)10-21-16-6-5-11(9-18)7-14(16)17/h2-8H,10H2,1H3. The van der Waals surface area contributed by atoms with Gasteiger partial charge in [-0.1, -0.05) is 23.7 Å². The number of hydrogen-bond acceptors (Lipinski definition) is 4. The van der Waals surface area contributed by atoms with E-state index < -0.39 is 0 Å². The molecule has 2 aromatic rings. The smallest absolute Gasteiger partial charge is 0.200 e. The summed E-state index contributed by atoms with van der Waals surface area (Å²) < 4.78 is 10.5. The van der Waals surface area contributed by atoms with E-state index in [9.17, 15) is 4.79 Å². The molecule has 2 rings (SSSR count). The minimum absolute atomic E-state index is 0.140. The average Bonchev–Trinajstić information content (AvgIpc) is 2.53. The lowest BCUT2D eigenvalue weighted by atomic mass is 10.1. The molecule has 0 heterocycles. The lowest BCUT2D eigenvalue weighted by molar-refractivity contribution is 0.0921. The first-order valence-corrected chi connectivity index (χ1v) is 6.51. The van der Waals surface area contributed by atoms with Gasteiger partial charge in [-0.15, -0.1) is 0 Å². The summed E-state index contributed by atoms with van der Waals surface area (Å²) in [6.45, 7) is -0.140. The van der Waals surface area contributed by atoms with Gasteiger partial charge < -0.3 is 9.47 Å². The second-order valence-electron chi connectivity index (χ2n) is 4.20. The van der Waals surface area contributed by atoms with Crippen molar-refractivity contribution in [2.75, 3.05) is 13.7 Å². The summed E-state index contributed by atoms with van der Waals surface area (Å²) in [5, 5.41) is 9.05. The highest BCUT2D eigenvalue weighted by atomic mass is 35.5. The van der Waals surface area contributed by atoms with Crippen LogP contribution in [0, 0.1) is 11.3 Å². The second-order valence-corrected chi connectivity index (χ2v) is 4.61. The topological polar surface area (TPSA) is 59.3 Å². The van der Waals surface area contributed by atoms with Crippen LogP contribution in [-0.4, -0.2) is 19.5 Å². The van der Waals surface area contributed by atoms with E-state index in [1.165, 1.54) is 13.2 Å². The molecule has 5 heteroatoms. The number of ether oxygens (including phenoxy) is 2. The maximum absolute atomic E-state index is 12.0. The normalized spacial score (nSPS) is 9.76. The predicted molar refractivity (Wildman–Crippen MR) is 79.0 cm³/mol. The molecule has 0 aliphatic carbocycles. The highest BCUT2D eigenvalue weighted by Crippen LogP contribution is 2.25. The van der Waals surface area contributed by atoms with Crippen molar-refractivity contribution in [1.82, 2.24) is 0 Å². The zero-order valence-electron chi connectivity index (χ0n) is 11.3. The van der Waals surface area contributed by atoms with Crippen LogP contribution in [0.2, 0.25) is 5.02 Å². The number of carbonyl (C=O) groups is 1. The summed E-state index contributed by atoms with van der Waals surface area (Å²) in [6.07, 6.45) is 0. The Bertz CT molecular complexity index is 707. The maximum atomic E-state index is 12.0. The molecule has 0 bridgehead atoms. The molecule has 0 saturated heterocycles. The minimum atomic E-state index is -0.186. The molecule has 21 heavy (non-hydrogen) atoms. The fraction of sp³-hybridized carbons (Fsp3) is 0.125. The highest BCUT2D eigenvalue weighted by Gasteiger charge is 2.10. The van der Waals surface area contributed by atoms with Crippen molar-refractivity contribution >= 4 is 17.4 Å². The van der Waals surface area contributed by atoms with Crippen LogP contribution in [0.25, 0.3) is 0 Å². The molecule has 0 aliphatic heterocycles. The van der Waals surface area contributed by atoms with Crippen molar-refractivity contribution in [3.8, 4) is 17.6 Å². The first-order valence-electron chi connectivity index (χ1n) is 6.13. The molecule has 0 amide bonds. The van der Waals surface area contributed by atoms with E-state index in [1.807, 2.05) is 6.07 Å². The van der Waals surface area contributed by atoms with Gasteiger partial charge in [-0.2, -0.15) is 5.26 Å². The van der Waals surface area contributed by atoms with E-state index in [-0.39, 0.29) is 12.4 Å². The molecule has 0 aliphatic rings. The van der Waals surface area contributed by atoms with Gasteiger partial charge in [-0.05, 0) is 30.3 Å². The molecule has 0 fully saturated rings. The van der Waals surface area contributed by atoms with Crippen molar-refractivity contribution in [2.45, 2.75) is 0 Å². The highest BCUT2D eigenvalue weighted by molar-refractivity contribution is 6.32. The van der Waals surface area contributed by atoms with Gasteiger partial charge in [-0.3, -0.25) is 4.79 Å². The molecule has 0 unspecified atom stereocenters. The van der Waals surface area contributed by atoms with Gasteiger partial charge in [0.1, 0.15) is 11.5 Å². The summed E-state index contributed by atoms with van der Waals surface area (Å²) in [6, 6.07) is 13.5. The number of hydrogen-bond donors (Lipinski definition) is 0. The van der Waals surface area contributed by atoms with Crippen LogP contribution < -0.4 is 9.47 Å². The second kappa shape index (κ2) is 6.78. The Morgan fingerprint density at radius 3 is 2.76 bits per heavy atom. The van der Waals surface area contributed by atoms with Gasteiger partial charge in [0.25, 0.3) is 0 Å². The van der Waals surface area contributed by atoms with Crippen molar-refractivity contribution in [3.63, 3.8) is 0 Å². The van der Waals surface area contributed by atoms with Crippen molar-refractivity contribution < 1.29 is 14.3 Å².